The number of pyridine rings is 1. The molecule has 6 nitrogen and oxygen atoms in total. The highest BCUT2D eigenvalue weighted by atomic mass is 35.5. The SMILES string of the molecule is O=S(=O)(N=C1NCCCN1Cc1ccc(Cl)nc1)c1ccc(Cl)cc1. The van der Waals surface area contributed by atoms with E-state index in [-0.39, 0.29) is 4.90 Å². The summed E-state index contributed by atoms with van der Waals surface area (Å²) in [6, 6.07) is 9.50. The summed E-state index contributed by atoms with van der Waals surface area (Å²) < 4.78 is 29.0. The second-order valence-corrected chi connectivity index (χ2v) is 7.96. The number of hydrogen-bond donors (Lipinski definition) is 1. The lowest BCUT2D eigenvalue weighted by Crippen LogP contribution is -2.47. The Morgan fingerprint density at radius 2 is 1.92 bits per heavy atom. The Hall–Kier alpha value is -1.83. The number of sulfonamides is 1. The van der Waals surface area contributed by atoms with Crippen LogP contribution < -0.4 is 5.32 Å². The van der Waals surface area contributed by atoms with Crippen LogP contribution in [-0.4, -0.2) is 37.4 Å². The maximum atomic E-state index is 12.5. The van der Waals surface area contributed by atoms with E-state index in [1.165, 1.54) is 24.3 Å². The molecule has 2 aromatic rings. The smallest absolute Gasteiger partial charge is 0.285 e. The standard InChI is InChI=1S/C16H16Cl2N4O2S/c17-13-3-5-14(6-4-13)25(23,24)21-16-19-8-1-9-22(16)11-12-2-7-15(18)20-10-12/h2-7,10H,1,8-9,11H2,(H,19,21). The van der Waals surface area contributed by atoms with Gasteiger partial charge in [0.25, 0.3) is 10.0 Å². The average molecular weight is 399 g/mol. The number of nitrogens with one attached hydrogen (secondary N) is 1. The van der Waals surface area contributed by atoms with E-state index in [4.69, 9.17) is 23.2 Å². The number of nitrogens with zero attached hydrogens (tertiary/aromatic N) is 3. The molecule has 3 rings (SSSR count). The molecular formula is C16H16Cl2N4O2S. The minimum Gasteiger partial charge on any atom is -0.355 e. The van der Waals surface area contributed by atoms with E-state index in [2.05, 4.69) is 14.7 Å². The normalized spacial score (nSPS) is 16.7. The van der Waals surface area contributed by atoms with Gasteiger partial charge in [0.1, 0.15) is 5.15 Å². The van der Waals surface area contributed by atoms with E-state index < -0.39 is 10.0 Å². The third-order valence-electron chi connectivity index (χ3n) is 3.67. The highest BCUT2D eigenvalue weighted by Gasteiger charge is 2.21. The number of hydrogen-bond acceptors (Lipinski definition) is 3. The van der Waals surface area contributed by atoms with Crippen LogP contribution in [0.15, 0.2) is 51.9 Å². The zero-order valence-electron chi connectivity index (χ0n) is 13.2. The molecule has 1 N–H and O–H groups in total. The van der Waals surface area contributed by atoms with E-state index in [0.29, 0.717) is 35.8 Å². The van der Waals surface area contributed by atoms with Gasteiger partial charge in [-0.3, -0.25) is 0 Å². The van der Waals surface area contributed by atoms with Crippen molar-refractivity contribution in [3.8, 4) is 0 Å². The van der Waals surface area contributed by atoms with Crippen molar-refractivity contribution in [1.82, 2.24) is 15.2 Å². The Bertz CT molecular complexity index is 868. The van der Waals surface area contributed by atoms with Crippen molar-refractivity contribution in [2.75, 3.05) is 13.1 Å². The van der Waals surface area contributed by atoms with Crippen molar-refractivity contribution < 1.29 is 8.42 Å². The third kappa shape index (κ3) is 4.62. The molecule has 0 bridgehead atoms. The predicted octanol–water partition coefficient (Wildman–Crippen LogP) is 2.93. The summed E-state index contributed by atoms with van der Waals surface area (Å²) in [5.74, 6) is 0.330. The van der Waals surface area contributed by atoms with Gasteiger partial charge in [-0.15, -0.1) is 4.40 Å². The minimum absolute atomic E-state index is 0.102. The Morgan fingerprint density at radius 1 is 1.16 bits per heavy atom. The Kier molecular flexibility index (Phi) is 5.46. The summed E-state index contributed by atoms with van der Waals surface area (Å²) in [5, 5.41) is 3.95. The Balaban J connectivity index is 1.85. The molecule has 1 aliphatic rings. The van der Waals surface area contributed by atoms with Crippen LogP contribution in [0.2, 0.25) is 10.2 Å². The Morgan fingerprint density at radius 3 is 2.60 bits per heavy atom. The van der Waals surface area contributed by atoms with Gasteiger partial charge in [-0.05, 0) is 42.3 Å². The molecule has 1 aromatic carbocycles. The molecule has 9 heteroatoms. The molecule has 2 heterocycles. The zero-order chi connectivity index (χ0) is 17.9. The van der Waals surface area contributed by atoms with E-state index in [9.17, 15) is 8.42 Å². The van der Waals surface area contributed by atoms with Gasteiger partial charge in [-0.1, -0.05) is 29.3 Å². The number of rotatable bonds is 4. The van der Waals surface area contributed by atoms with Gasteiger partial charge in [0.05, 0.1) is 4.90 Å². The molecule has 1 saturated heterocycles. The topological polar surface area (TPSA) is 74.7 Å². The molecule has 1 fully saturated rings. The highest BCUT2D eigenvalue weighted by Crippen LogP contribution is 2.18. The van der Waals surface area contributed by atoms with Crippen LogP contribution in [0.1, 0.15) is 12.0 Å². The van der Waals surface area contributed by atoms with Crippen LogP contribution >= 0.6 is 23.2 Å². The second-order valence-electron chi connectivity index (χ2n) is 5.53. The summed E-state index contributed by atoms with van der Waals surface area (Å²) in [4.78, 5) is 6.03. The molecule has 0 amide bonds. The fraction of sp³-hybridized carbons (Fsp3) is 0.250. The monoisotopic (exact) mass is 398 g/mol. The van der Waals surface area contributed by atoms with Crippen LogP contribution in [0.4, 0.5) is 0 Å². The molecular weight excluding hydrogens is 383 g/mol. The van der Waals surface area contributed by atoms with Crippen molar-refractivity contribution in [2.24, 2.45) is 4.40 Å². The van der Waals surface area contributed by atoms with Crippen molar-refractivity contribution in [3.63, 3.8) is 0 Å². The van der Waals surface area contributed by atoms with Crippen molar-refractivity contribution in [3.05, 3.63) is 58.3 Å². The molecule has 1 aliphatic heterocycles. The quantitative estimate of drug-likeness (QED) is 0.801. The summed E-state index contributed by atoms with van der Waals surface area (Å²) >= 11 is 11.6. The molecule has 132 valence electrons. The molecule has 25 heavy (non-hydrogen) atoms. The average Bonchev–Trinajstić information content (AvgIpc) is 2.59. The van der Waals surface area contributed by atoms with Gasteiger partial charge in [-0.2, -0.15) is 8.42 Å². The van der Waals surface area contributed by atoms with Gasteiger partial charge in [-0.25, -0.2) is 4.98 Å². The Labute approximate surface area is 156 Å². The van der Waals surface area contributed by atoms with Crippen molar-refractivity contribution in [2.45, 2.75) is 17.9 Å². The van der Waals surface area contributed by atoms with Crippen molar-refractivity contribution >= 4 is 39.2 Å². The zero-order valence-corrected chi connectivity index (χ0v) is 15.5. The van der Waals surface area contributed by atoms with Gasteiger partial charge in [0.15, 0.2) is 0 Å². The largest absolute Gasteiger partial charge is 0.355 e. The number of guanidine groups is 1. The number of aromatic nitrogens is 1. The molecule has 1 aromatic heterocycles. The maximum Gasteiger partial charge on any atom is 0.285 e. The van der Waals surface area contributed by atoms with Gasteiger partial charge in [0, 0.05) is 30.9 Å². The van der Waals surface area contributed by atoms with E-state index in [1.54, 1.807) is 12.3 Å². The molecule has 0 spiro atoms. The fourth-order valence-electron chi connectivity index (χ4n) is 2.43. The molecule has 0 atom stereocenters. The van der Waals surface area contributed by atoms with Crippen LogP contribution in [0.25, 0.3) is 0 Å². The fourth-order valence-corrected chi connectivity index (χ4v) is 3.66. The molecule has 0 aliphatic carbocycles. The van der Waals surface area contributed by atoms with Crippen LogP contribution in [-0.2, 0) is 16.6 Å². The first-order valence-corrected chi connectivity index (χ1v) is 9.83. The van der Waals surface area contributed by atoms with E-state index >= 15 is 0 Å². The van der Waals surface area contributed by atoms with Gasteiger partial charge in [0.2, 0.25) is 5.96 Å². The lowest BCUT2D eigenvalue weighted by atomic mass is 10.2. The van der Waals surface area contributed by atoms with Gasteiger partial charge < -0.3 is 10.2 Å². The lowest BCUT2D eigenvalue weighted by Gasteiger charge is -2.30. The summed E-state index contributed by atoms with van der Waals surface area (Å²) in [7, 11) is -3.82. The maximum absolute atomic E-state index is 12.5. The van der Waals surface area contributed by atoms with Crippen molar-refractivity contribution in [1.29, 1.82) is 0 Å². The number of halogens is 2. The summed E-state index contributed by atoms with van der Waals surface area (Å²) in [5.41, 5.74) is 0.921. The summed E-state index contributed by atoms with van der Waals surface area (Å²) in [6.07, 6.45) is 2.56. The third-order valence-corrected chi connectivity index (χ3v) is 5.42. The highest BCUT2D eigenvalue weighted by molar-refractivity contribution is 7.90. The summed E-state index contributed by atoms with van der Waals surface area (Å²) in [6.45, 7) is 1.86. The molecule has 0 saturated carbocycles. The molecule has 0 unspecified atom stereocenters. The second kappa shape index (κ2) is 7.59. The first-order valence-electron chi connectivity index (χ1n) is 7.64. The van der Waals surface area contributed by atoms with Gasteiger partial charge >= 0.3 is 0 Å². The van der Waals surface area contributed by atoms with Crippen LogP contribution in [0, 0.1) is 0 Å². The predicted molar refractivity (Wildman–Crippen MR) is 98.3 cm³/mol. The first-order chi connectivity index (χ1) is 11.9. The number of benzene rings is 1. The van der Waals surface area contributed by atoms with Crippen LogP contribution in [0.3, 0.4) is 0 Å². The lowest BCUT2D eigenvalue weighted by molar-refractivity contribution is 0.361. The van der Waals surface area contributed by atoms with E-state index in [0.717, 1.165) is 12.0 Å². The van der Waals surface area contributed by atoms with E-state index in [1.807, 2.05) is 11.0 Å². The first kappa shape index (κ1) is 18.0. The minimum atomic E-state index is -3.82. The van der Waals surface area contributed by atoms with Crippen LogP contribution in [0.5, 0.6) is 0 Å². The molecule has 0 radical (unpaired) electrons.